The molecule has 180 valence electrons. The third kappa shape index (κ3) is 7.33. The van der Waals surface area contributed by atoms with E-state index in [0.717, 1.165) is 57.5 Å². The smallest absolute Gasteiger partial charge is 0.251 e. The molecule has 2 unspecified atom stereocenters. The van der Waals surface area contributed by atoms with Crippen molar-refractivity contribution in [1.82, 2.24) is 15.3 Å². The van der Waals surface area contributed by atoms with Crippen LogP contribution in [0.3, 0.4) is 0 Å². The number of hydrogen-bond donors (Lipinski definition) is 1. The molecular weight excluding hydrogens is 450 g/mol. The molecule has 1 aliphatic heterocycles. The summed E-state index contributed by atoms with van der Waals surface area (Å²) in [7, 11) is 0. The Labute approximate surface area is 206 Å². The van der Waals surface area contributed by atoms with Crippen LogP contribution < -0.4 is 5.32 Å². The van der Waals surface area contributed by atoms with E-state index in [1.807, 2.05) is 18.2 Å². The van der Waals surface area contributed by atoms with Crippen LogP contribution in [0.2, 0.25) is 0 Å². The highest BCUT2D eigenvalue weighted by Gasteiger charge is 2.21. The van der Waals surface area contributed by atoms with Crippen molar-refractivity contribution in [2.75, 3.05) is 19.8 Å². The summed E-state index contributed by atoms with van der Waals surface area (Å²) in [5, 5.41) is 4.40. The molecule has 1 N–H and O–H groups in total. The van der Waals surface area contributed by atoms with E-state index >= 15 is 0 Å². The molecule has 33 heavy (non-hydrogen) atoms. The Balaban J connectivity index is 1.51. The third-order valence-electron chi connectivity index (χ3n) is 6.49. The molecule has 4 rings (SSSR count). The normalized spacial score (nSPS) is 22.0. The minimum atomic E-state index is -0.0823. The van der Waals surface area contributed by atoms with Crippen molar-refractivity contribution in [2.24, 2.45) is 0 Å². The van der Waals surface area contributed by atoms with Gasteiger partial charge in [0.25, 0.3) is 5.91 Å². The number of hydrogen-bond acceptors (Lipinski definition) is 6. The lowest BCUT2D eigenvalue weighted by Crippen LogP contribution is -2.27. The Morgan fingerprint density at radius 3 is 2.27 bits per heavy atom. The molecule has 2 aliphatic rings. The average molecular weight is 488 g/mol. The van der Waals surface area contributed by atoms with Gasteiger partial charge in [-0.05, 0) is 50.3 Å². The first-order valence-electron chi connectivity index (χ1n) is 12.6. The summed E-state index contributed by atoms with van der Waals surface area (Å²) in [6.07, 6.45) is 11.8. The summed E-state index contributed by atoms with van der Waals surface area (Å²) < 4.78 is 5.45. The Morgan fingerprint density at radius 1 is 0.939 bits per heavy atom. The van der Waals surface area contributed by atoms with Crippen LogP contribution in [0.25, 0.3) is 11.0 Å². The third-order valence-corrected chi connectivity index (χ3v) is 9.25. The van der Waals surface area contributed by atoms with E-state index in [4.69, 9.17) is 14.7 Å². The maximum Gasteiger partial charge on any atom is 0.251 e. The van der Waals surface area contributed by atoms with Crippen molar-refractivity contribution in [1.29, 1.82) is 0 Å². The number of thioether (sulfide) groups is 2. The number of benzene rings is 1. The first kappa shape index (κ1) is 24.8. The van der Waals surface area contributed by atoms with Crippen molar-refractivity contribution < 1.29 is 9.53 Å². The summed E-state index contributed by atoms with van der Waals surface area (Å²) in [6, 6.07) is 5.69. The lowest BCUT2D eigenvalue weighted by atomic mass is 10.0. The van der Waals surface area contributed by atoms with Gasteiger partial charge < -0.3 is 10.1 Å². The molecule has 0 spiro atoms. The maximum atomic E-state index is 12.6. The van der Waals surface area contributed by atoms with Crippen molar-refractivity contribution in [3.63, 3.8) is 0 Å². The Hall–Kier alpha value is -1.31. The average Bonchev–Trinajstić information content (AvgIpc) is 2.84. The van der Waals surface area contributed by atoms with Crippen LogP contribution in [0.4, 0.5) is 0 Å². The molecule has 0 radical (unpaired) electrons. The zero-order chi connectivity index (χ0) is 22.9. The fourth-order valence-electron chi connectivity index (χ4n) is 4.57. The van der Waals surface area contributed by atoms with Crippen LogP contribution in [0.15, 0.2) is 18.2 Å². The Morgan fingerprint density at radius 2 is 1.61 bits per heavy atom. The summed E-state index contributed by atoms with van der Waals surface area (Å²) in [5.74, 6) is 1.77. The van der Waals surface area contributed by atoms with E-state index in [-0.39, 0.29) is 5.91 Å². The Bertz CT molecular complexity index is 924. The molecule has 1 amide bonds. The van der Waals surface area contributed by atoms with Gasteiger partial charge in [0.15, 0.2) is 0 Å². The summed E-state index contributed by atoms with van der Waals surface area (Å²) in [6.45, 7) is 3.86. The van der Waals surface area contributed by atoms with Crippen LogP contribution in [0.5, 0.6) is 0 Å². The molecule has 1 aliphatic carbocycles. The second kappa shape index (κ2) is 13.0. The number of fused-ring (bicyclic) bond motifs is 5. The predicted octanol–water partition coefficient (Wildman–Crippen LogP) is 6.14. The predicted molar refractivity (Wildman–Crippen MR) is 140 cm³/mol. The standard InChI is InChI=1S/C26H37N3O2S2/c1-2-14-31-15-13-27-26(30)19-9-12-22-23(16-19)29-25-18-33-21-8-6-4-3-5-7-20(10-11-21)32-17-24(25)28-22/h9,12,16,20-21H,2-8,10-11,13-15,17-18H2,1H3,(H,27,30). The monoisotopic (exact) mass is 487 g/mol. The maximum absolute atomic E-state index is 12.6. The summed E-state index contributed by atoms with van der Waals surface area (Å²) >= 11 is 4.15. The van der Waals surface area contributed by atoms with Crippen molar-refractivity contribution in [3.8, 4) is 0 Å². The molecule has 1 fully saturated rings. The van der Waals surface area contributed by atoms with Crippen LogP contribution in [-0.4, -0.2) is 46.1 Å². The van der Waals surface area contributed by atoms with Gasteiger partial charge in [0.05, 0.1) is 29.0 Å². The number of nitrogens with zero attached hydrogens (tertiary/aromatic N) is 2. The van der Waals surface area contributed by atoms with Crippen LogP contribution >= 0.6 is 23.5 Å². The largest absolute Gasteiger partial charge is 0.380 e. The quantitative estimate of drug-likeness (QED) is 0.494. The van der Waals surface area contributed by atoms with Crippen molar-refractivity contribution >= 4 is 40.5 Å². The lowest BCUT2D eigenvalue weighted by Gasteiger charge is -2.25. The molecule has 1 aromatic carbocycles. The molecular formula is C26H37N3O2S2. The van der Waals surface area contributed by atoms with Gasteiger partial charge in [-0.2, -0.15) is 23.5 Å². The minimum absolute atomic E-state index is 0.0823. The fourth-order valence-corrected chi connectivity index (χ4v) is 7.09. The highest BCUT2D eigenvalue weighted by Crippen LogP contribution is 2.35. The van der Waals surface area contributed by atoms with Crippen LogP contribution in [0.1, 0.15) is 86.5 Å². The number of carbonyl (C=O) groups excluding carboxylic acids is 1. The van der Waals surface area contributed by atoms with Gasteiger partial charge >= 0.3 is 0 Å². The number of amides is 1. The molecule has 2 aromatic rings. The molecule has 1 saturated carbocycles. The molecule has 0 saturated heterocycles. The summed E-state index contributed by atoms with van der Waals surface area (Å²) in [4.78, 5) is 22.6. The van der Waals surface area contributed by atoms with E-state index in [1.165, 1.54) is 51.4 Å². The molecule has 2 atom stereocenters. The number of nitrogens with one attached hydrogen (secondary N) is 1. The van der Waals surface area contributed by atoms with Gasteiger partial charge in [-0.1, -0.05) is 32.6 Å². The highest BCUT2D eigenvalue weighted by atomic mass is 32.2. The number of rotatable bonds is 6. The van der Waals surface area contributed by atoms with Crippen LogP contribution in [-0.2, 0) is 16.2 Å². The zero-order valence-corrected chi connectivity index (χ0v) is 21.4. The summed E-state index contributed by atoms with van der Waals surface area (Å²) in [5.41, 5.74) is 4.57. The second-order valence-corrected chi connectivity index (χ2v) is 11.7. The highest BCUT2D eigenvalue weighted by molar-refractivity contribution is 7.99. The van der Waals surface area contributed by atoms with Gasteiger partial charge in [-0.3, -0.25) is 4.79 Å². The zero-order valence-electron chi connectivity index (χ0n) is 19.8. The van der Waals surface area contributed by atoms with Gasteiger partial charge in [0.1, 0.15) is 0 Å². The van der Waals surface area contributed by atoms with E-state index in [2.05, 4.69) is 35.8 Å². The van der Waals surface area contributed by atoms with E-state index < -0.39 is 0 Å². The number of ether oxygens (including phenoxy) is 1. The van der Waals surface area contributed by atoms with Gasteiger partial charge in [-0.25, -0.2) is 9.97 Å². The molecule has 5 nitrogen and oxygen atoms in total. The molecule has 1 aromatic heterocycles. The molecule has 7 heteroatoms. The lowest BCUT2D eigenvalue weighted by molar-refractivity contribution is 0.0915. The SMILES string of the molecule is CCCOCCNC(=O)c1ccc2nc3c(nc2c1)CSC1CCCCCCC(CC1)SC3. The van der Waals surface area contributed by atoms with E-state index in [1.54, 1.807) is 0 Å². The van der Waals surface area contributed by atoms with Gasteiger partial charge in [0.2, 0.25) is 0 Å². The Kier molecular flexibility index (Phi) is 9.74. The topological polar surface area (TPSA) is 64.1 Å². The van der Waals surface area contributed by atoms with Crippen molar-refractivity contribution in [3.05, 3.63) is 35.2 Å². The van der Waals surface area contributed by atoms with Gasteiger partial charge in [-0.15, -0.1) is 0 Å². The first-order chi connectivity index (χ1) is 16.2. The molecule has 2 bridgehead atoms. The fraction of sp³-hybridized carbons (Fsp3) is 0.654. The number of aromatic nitrogens is 2. The molecule has 2 heterocycles. The first-order valence-corrected chi connectivity index (χ1v) is 14.7. The second-order valence-electron chi connectivity index (χ2n) is 9.12. The minimum Gasteiger partial charge on any atom is -0.380 e. The van der Waals surface area contributed by atoms with Crippen molar-refractivity contribution in [2.45, 2.75) is 86.7 Å². The van der Waals surface area contributed by atoms with Crippen LogP contribution in [0, 0.1) is 0 Å². The van der Waals surface area contributed by atoms with Gasteiger partial charge in [0, 0.05) is 40.7 Å². The number of carbonyl (C=O) groups is 1. The van der Waals surface area contributed by atoms with E-state index in [9.17, 15) is 4.79 Å². The van der Waals surface area contributed by atoms with E-state index in [0.29, 0.717) is 18.7 Å².